The summed E-state index contributed by atoms with van der Waals surface area (Å²) in [5.74, 6) is 0.633. The first kappa shape index (κ1) is 13.0. The Labute approximate surface area is 101 Å². The molecule has 0 aromatic carbocycles. The molecule has 0 fully saturated rings. The zero-order valence-electron chi connectivity index (χ0n) is 9.50. The molecular weight excluding hydrogens is 224 g/mol. The Morgan fingerprint density at radius 2 is 2.19 bits per heavy atom. The Kier molecular flexibility index (Phi) is 5.86. The maximum Gasteiger partial charge on any atom is 0.252 e. The molecule has 88 valence electrons. The summed E-state index contributed by atoms with van der Waals surface area (Å²) in [4.78, 5) is 15.7. The van der Waals surface area contributed by atoms with Gasteiger partial charge in [-0.25, -0.2) is 0 Å². The predicted molar refractivity (Wildman–Crippen MR) is 65.9 cm³/mol. The molecule has 0 atom stereocenters. The van der Waals surface area contributed by atoms with Gasteiger partial charge in [0.15, 0.2) is 0 Å². The van der Waals surface area contributed by atoms with E-state index >= 15 is 0 Å². The number of carbonyl (C=O) groups excluding carboxylic acids is 1. The maximum absolute atomic E-state index is 11.6. The Morgan fingerprint density at radius 3 is 2.81 bits per heavy atom. The molecule has 1 aromatic rings. The standard InChI is InChI=1S/C12H17ClN2O/c1-10-5-6-11(9-15-10)12(16)14-8-4-2-3-7-13/h5-6,9H,2-4,7-8H2,1H3,(H,14,16). The molecule has 1 N–H and O–H groups in total. The first-order chi connectivity index (χ1) is 7.74. The fraction of sp³-hybridized carbons (Fsp3) is 0.500. The SMILES string of the molecule is Cc1ccc(C(=O)NCCCCCCl)cn1. The van der Waals surface area contributed by atoms with E-state index in [2.05, 4.69) is 10.3 Å². The Morgan fingerprint density at radius 1 is 1.38 bits per heavy atom. The third kappa shape index (κ3) is 4.62. The molecule has 0 spiro atoms. The summed E-state index contributed by atoms with van der Waals surface area (Å²) in [6.45, 7) is 2.59. The second kappa shape index (κ2) is 7.23. The van der Waals surface area contributed by atoms with Gasteiger partial charge in [0, 0.05) is 24.3 Å². The average Bonchev–Trinajstić information content (AvgIpc) is 2.29. The summed E-state index contributed by atoms with van der Waals surface area (Å²) in [5, 5.41) is 2.86. The predicted octanol–water partition coefficient (Wildman–Crippen LogP) is 2.53. The first-order valence-electron chi connectivity index (χ1n) is 5.51. The van der Waals surface area contributed by atoms with E-state index in [4.69, 9.17) is 11.6 Å². The molecule has 1 aromatic heterocycles. The van der Waals surface area contributed by atoms with Crippen LogP contribution in [-0.4, -0.2) is 23.3 Å². The van der Waals surface area contributed by atoms with Crippen LogP contribution < -0.4 is 5.32 Å². The van der Waals surface area contributed by atoms with Gasteiger partial charge >= 0.3 is 0 Å². The Balaban J connectivity index is 2.27. The van der Waals surface area contributed by atoms with E-state index in [0.29, 0.717) is 18.0 Å². The second-order valence-corrected chi connectivity index (χ2v) is 4.07. The number of halogens is 1. The number of carbonyl (C=O) groups is 1. The minimum atomic E-state index is -0.0571. The quantitative estimate of drug-likeness (QED) is 0.613. The van der Waals surface area contributed by atoms with Gasteiger partial charge in [0.2, 0.25) is 0 Å². The van der Waals surface area contributed by atoms with Crippen molar-refractivity contribution in [1.29, 1.82) is 0 Å². The van der Waals surface area contributed by atoms with Crippen LogP contribution >= 0.6 is 11.6 Å². The normalized spacial score (nSPS) is 10.1. The molecular formula is C12H17ClN2O. The monoisotopic (exact) mass is 240 g/mol. The lowest BCUT2D eigenvalue weighted by atomic mass is 10.2. The molecule has 0 radical (unpaired) electrons. The zero-order valence-corrected chi connectivity index (χ0v) is 10.3. The van der Waals surface area contributed by atoms with Gasteiger partial charge in [-0.05, 0) is 31.9 Å². The van der Waals surface area contributed by atoms with Crippen molar-refractivity contribution in [3.05, 3.63) is 29.6 Å². The molecule has 1 rings (SSSR count). The Hall–Kier alpha value is -1.09. The van der Waals surface area contributed by atoms with Gasteiger partial charge in [-0.3, -0.25) is 9.78 Å². The molecule has 1 heterocycles. The lowest BCUT2D eigenvalue weighted by Gasteiger charge is -2.04. The number of unbranched alkanes of at least 4 members (excludes halogenated alkanes) is 2. The smallest absolute Gasteiger partial charge is 0.252 e. The van der Waals surface area contributed by atoms with Gasteiger partial charge in [0.05, 0.1) is 5.56 Å². The van der Waals surface area contributed by atoms with Crippen LogP contribution in [0.1, 0.15) is 35.3 Å². The molecule has 0 saturated carbocycles. The van der Waals surface area contributed by atoms with Crippen molar-refractivity contribution >= 4 is 17.5 Å². The van der Waals surface area contributed by atoms with Gasteiger partial charge in [-0.1, -0.05) is 6.42 Å². The van der Waals surface area contributed by atoms with Gasteiger partial charge < -0.3 is 5.32 Å². The zero-order chi connectivity index (χ0) is 11.8. The number of hydrogen-bond acceptors (Lipinski definition) is 2. The highest BCUT2D eigenvalue weighted by Gasteiger charge is 2.03. The summed E-state index contributed by atoms with van der Waals surface area (Å²) in [6.07, 6.45) is 4.63. The van der Waals surface area contributed by atoms with Crippen molar-refractivity contribution in [3.8, 4) is 0 Å². The van der Waals surface area contributed by atoms with Gasteiger partial charge in [0.1, 0.15) is 0 Å². The van der Waals surface area contributed by atoms with Crippen LogP contribution in [-0.2, 0) is 0 Å². The van der Waals surface area contributed by atoms with Crippen LogP contribution in [0.4, 0.5) is 0 Å². The number of alkyl halides is 1. The molecule has 0 aliphatic heterocycles. The van der Waals surface area contributed by atoms with Gasteiger partial charge in [0.25, 0.3) is 5.91 Å². The highest BCUT2D eigenvalue weighted by atomic mass is 35.5. The molecule has 16 heavy (non-hydrogen) atoms. The van der Waals surface area contributed by atoms with Crippen molar-refractivity contribution in [2.24, 2.45) is 0 Å². The summed E-state index contributed by atoms with van der Waals surface area (Å²) in [5.41, 5.74) is 1.53. The molecule has 0 unspecified atom stereocenters. The third-order valence-electron chi connectivity index (χ3n) is 2.27. The first-order valence-corrected chi connectivity index (χ1v) is 6.04. The van der Waals surface area contributed by atoms with Crippen molar-refractivity contribution in [2.45, 2.75) is 26.2 Å². The maximum atomic E-state index is 11.6. The molecule has 0 saturated heterocycles. The number of rotatable bonds is 6. The van der Waals surface area contributed by atoms with E-state index in [0.717, 1.165) is 25.0 Å². The fourth-order valence-electron chi connectivity index (χ4n) is 1.30. The average molecular weight is 241 g/mol. The number of aromatic nitrogens is 1. The minimum absolute atomic E-state index is 0.0571. The number of pyridine rings is 1. The minimum Gasteiger partial charge on any atom is -0.352 e. The van der Waals surface area contributed by atoms with Gasteiger partial charge in [-0.2, -0.15) is 0 Å². The van der Waals surface area contributed by atoms with Crippen LogP contribution in [0.2, 0.25) is 0 Å². The second-order valence-electron chi connectivity index (χ2n) is 3.69. The topological polar surface area (TPSA) is 42.0 Å². The number of hydrogen-bond donors (Lipinski definition) is 1. The van der Waals surface area contributed by atoms with E-state index in [1.165, 1.54) is 0 Å². The highest BCUT2D eigenvalue weighted by Crippen LogP contribution is 2.00. The molecule has 3 nitrogen and oxygen atoms in total. The van der Waals surface area contributed by atoms with Gasteiger partial charge in [-0.15, -0.1) is 11.6 Å². The van der Waals surface area contributed by atoms with Crippen molar-refractivity contribution in [2.75, 3.05) is 12.4 Å². The summed E-state index contributed by atoms with van der Waals surface area (Å²) < 4.78 is 0. The summed E-state index contributed by atoms with van der Waals surface area (Å²) in [7, 11) is 0. The number of nitrogens with one attached hydrogen (secondary N) is 1. The van der Waals surface area contributed by atoms with Crippen LogP contribution in [0, 0.1) is 6.92 Å². The summed E-state index contributed by atoms with van der Waals surface area (Å²) in [6, 6.07) is 3.62. The fourth-order valence-corrected chi connectivity index (χ4v) is 1.49. The molecule has 0 bridgehead atoms. The largest absolute Gasteiger partial charge is 0.352 e. The van der Waals surface area contributed by atoms with E-state index in [-0.39, 0.29) is 5.91 Å². The third-order valence-corrected chi connectivity index (χ3v) is 2.54. The molecule has 0 aliphatic rings. The van der Waals surface area contributed by atoms with Crippen LogP contribution in [0.3, 0.4) is 0 Å². The summed E-state index contributed by atoms with van der Waals surface area (Å²) >= 11 is 5.56. The van der Waals surface area contributed by atoms with Crippen molar-refractivity contribution < 1.29 is 4.79 Å². The number of aryl methyl sites for hydroxylation is 1. The van der Waals surface area contributed by atoms with Crippen LogP contribution in [0.25, 0.3) is 0 Å². The molecule has 4 heteroatoms. The van der Waals surface area contributed by atoms with Crippen molar-refractivity contribution in [1.82, 2.24) is 10.3 Å². The van der Waals surface area contributed by atoms with E-state index in [9.17, 15) is 4.79 Å². The van der Waals surface area contributed by atoms with E-state index < -0.39 is 0 Å². The van der Waals surface area contributed by atoms with E-state index in [1.54, 1.807) is 12.3 Å². The van der Waals surface area contributed by atoms with E-state index in [1.807, 2.05) is 13.0 Å². The number of amides is 1. The van der Waals surface area contributed by atoms with Crippen LogP contribution in [0.5, 0.6) is 0 Å². The lowest BCUT2D eigenvalue weighted by Crippen LogP contribution is -2.24. The molecule has 1 amide bonds. The van der Waals surface area contributed by atoms with Crippen LogP contribution in [0.15, 0.2) is 18.3 Å². The Bertz CT molecular complexity index is 324. The highest BCUT2D eigenvalue weighted by molar-refractivity contribution is 6.17. The van der Waals surface area contributed by atoms with Crippen molar-refractivity contribution in [3.63, 3.8) is 0 Å². The lowest BCUT2D eigenvalue weighted by molar-refractivity contribution is 0.0952. The molecule has 0 aliphatic carbocycles. The number of nitrogens with zero attached hydrogens (tertiary/aromatic N) is 1.